The predicted molar refractivity (Wildman–Crippen MR) is 218 cm³/mol. The molecule has 10 heteroatoms. The van der Waals surface area contributed by atoms with Crippen LogP contribution in [0.5, 0.6) is 0 Å². The molecule has 0 heterocycles. The normalized spacial score (nSPS) is 18.8. The van der Waals surface area contributed by atoms with Crippen molar-refractivity contribution in [3.05, 3.63) is 12.2 Å². The Kier molecular flexibility index (Phi) is 22.2. The first-order chi connectivity index (χ1) is 25.2. The third-order valence-electron chi connectivity index (χ3n) is 9.76. The van der Waals surface area contributed by atoms with Crippen molar-refractivity contribution in [2.24, 2.45) is 17.8 Å². The largest absolute Gasteiger partial charge is 0.346 e. The molecule has 1 rings (SSSR count). The minimum Gasteiger partial charge on any atom is -0.298 e. The summed E-state index contributed by atoms with van der Waals surface area (Å²) in [6, 6.07) is 0. The summed E-state index contributed by atoms with van der Waals surface area (Å²) in [5.41, 5.74) is -3.13. The summed E-state index contributed by atoms with van der Waals surface area (Å²) < 4.78 is 0. The van der Waals surface area contributed by atoms with Crippen LogP contribution in [0.3, 0.4) is 0 Å². The molecule has 0 amide bonds. The average molecular weight is 785 g/mol. The number of carbonyl (C=O) groups is 2. The Bertz CT molecular complexity index is 1110. The van der Waals surface area contributed by atoms with Crippen LogP contribution in [0.25, 0.3) is 0 Å². The van der Waals surface area contributed by atoms with Crippen molar-refractivity contribution in [2.75, 3.05) is 0 Å². The first-order valence-electron chi connectivity index (χ1n) is 21.4. The Hall–Kier alpha value is -1.56. The summed E-state index contributed by atoms with van der Waals surface area (Å²) in [5, 5.41) is 0. The van der Waals surface area contributed by atoms with E-state index in [-0.39, 0.29) is 23.8 Å². The zero-order valence-electron chi connectivity index (χ0n) is 38.0. The minimum atomic E-state index is -0.673. The summed E-state index contributed by atoms with van der Waals surface area (Å²) in [5.74, 6) is -0.300. The van der Waals surface area contributed by atoms with E-state index in [9.17, 15) is 9.59 Å². The van der Waals surface area contributed by atoms with Gasteiger partial charge < -0.3 is 0 Å². The molecule has 3 atom stereocenters. The van der Waals surface area contributed by atoms with Crippen LogP contribution in [0.1, 0.15) is 213 Å². The zero-order chi connectivity index (χ0) is 42.0. The Labute approximate surface area is 336 Å². The third kappa shape index (κ3) is 26.1. The molecular weight excluding hydrogens is 700 g/mol. The molecule has 0 spiro atoms. The molecule has 0 radical (unpaired) electrons. The van der Waals surface area contributed by atoms with E-state index < -0.39 is 33.6 Å². The number of unbranched alkanes of at least 4 members (excludes halogenated alkanes) is 7. The van der Waals surface area contributed by atoms with Gasteiger partial charge >= 0.3 is 11.9 Å². The lowest BCUT2D eigenvalue weighted by atomic mass is 9.75. The van der Waals surface area contributed by atoms with E-state index in [1.807, 2.05) is 96.9 Å². The van der Waals surface area contributed by atoms with Gasteiger partial charge in [-0.05, 0) is 160 Å². The molecule has 0 fully saturated rings. The molecule has 0 bridgehead atoms. The molecule has 0 aromatic rings. The molecule has 10 nitrogen and oxygen atoms in total. The highest BCUT2D eigenvalue weighted by atomic mass is 17.2. The molecule has 324 valence electrons. The summed E-state index contributed by atoms with van der Waals surface area (Å²) in [6.07, 6.45) is 19.9. The van der Waals surface area contributed by atoms with Crippen LogP contribution in [0.2, 0.25) is 0 Å². The van der Waals surface area contributed by atoms with Gasteiger partial charge in [0.2, 0.25) is 0 Å². The van der Waals surface area contributed by atoms with Crippen molar-refractivity contribution in [1.29, 1.82) is 0 Å². The lowest BCUT2D eigenvalue weighted by Gasteiger charge is -2.33. The maximum Gasteiger partial charge on any atom is 0.346 e. The average Bonchev–Trinajstić information content (AvgIpc) is 3.08. The maximum atomic E-state index is 13.6. The number of carbonyl (C=O) groups excluding carboxylic acids is 2. The molecule has 0 N–H and O–H groups in total. The monoisotopic (exact) mass is 785 g/mol. The van der Waals surface area contributed by atoms with Crippen molar-refractivity contribution in [2.45, 2.75) is 247 Å². The second-order valence-corrected chi connectivity index (χ2v) is 20.4. The van der Waals surface area contributed by atoms with Crippen molar-refractivity contribution in [3.63, 3.8) is 0 Å². The molecule has 1 aliphatic carbocycles. The Morgan fingerprint density at radius 2 is 0.945 bits per heavy atom. The fourth-order valence-corrected chi connectivity index (χ4v) is 6.07. The Morgan fingerprint density at radius 3 is 1.44 bits per heavy atom. The topological polar surface area (TPSA) is 108 Å². The lowest BCUT2D eigenvalue weighted by Crippen LogP contribution is -2.36. The van der Waals surface area contributed by atoms with E-state index in [1.54, 1.807) is 0 Å². The number of allylic oxidation sites excluding steroid dienone is 2. The summed E-state index contributed by atoms with van der Waals surface area (Å²) in [7, 11) is 0. The molecule has 0 saturated carbocycles. The molecule has 3 unspecified atom stereocenters. The van der Waals surface area contributed by atoms with Crippen molar-refractivity contribution in [1.82, 2.24) is 0 Å². The predicted octanol–water partition coefficient (Wildman–Crippen LogP) is 12.6. The Morgan fingerprint density at radius 1 is 0.509 bits per heavy atom. The molecule has 0 aromatic carbocycles. The van der Waals surface area contributed by atoms with Gasteiger partial charge in [-0.3, -0.25) is 9.78 Å². The zero-order valence-corrected chi connectivity index (χ0v) is 38.0. The van der Waals surface area contributed by atoms with Crippen LogP contribution in [-0.4, -0.2) is 45.5 Å². The highest BCUT2D eigenvalue weighted by molar-refractivity contribution is 5.72. The van der Waals surface area contributed by atoms with Gasteiger partial charge in [-0.1, -0.05) is 70.4 Å². The van der Waals surface area contributed by atoms with Crippen LogP contribution in [0.15, 0.2) is 12.2 Å². The van der Waals surface area contributed by atoms with E-state index in [0.717, 1.165) is 57.8 Å². The standard InChI is InChI=1S/C45H84O10/c1-16-17-22-25-35-28-29-36(37(34-35)39(47)49-53-43(10,11)31-33-45(14,15)55-51-41(5,6)7)26-23-20-18-19-21-24-27-38(46)48-52-42(8,9)30-32-44(12,13)54-50-40(2,3)4/h28-29,35-37H,16-27,30-34H2,1-15H3. The quantitative estimate of drug-likeness (QED) is 0.0329. The molecule has 0 aliphatic heterocycles. The minimum absolute atomic E-state index is 0.137. The molecule has 55 heavy (non-hydrogen) atoms. The second kappa shape index (κ2) is 23.7. The van der Waals surface area contributed by atoms with Gasteiger partial charge in [0.1, 0.15) is 11.2 Å². The maximum absolute atomic E-state index is 13.6. The van der Waals surface area contributed by atoms with Gasteiger partial charge in [-0.25, -0.2) is 29.1 Å². The first kappa shape index (κ1) is 51.5. The summed E-state index contributed by atoms with van der Waals surface area (Å²) in [6.45, 7) is 29.5. The van der Waals surface area contributed by atoms with E-state index in [2.05, 4.69) is 19.1 Å². The smallest absolute Gasteiger partial charge is 0.298 e. The SMILES string of the molecule is CCCCCC1C=CC(CCCCCCCCC(=O)OOC(C)(C)CCC(C)(C)OOC(C)(C)C)C(C(=O)OOC(C)(C)CCC(C)(C)OOC(C)(C)C)C1. The highest BCUT2D eigenvalue weighted by Gasteiger charge is 2.36. The number of hydrogen-bond acceptors (Lipinski definition) is 10. The van der Waals surface area contributed by atoms with Crippen molar-refractivity contribution < 1.29 is 48.7 Å². The molecular formula is C45H84O10. The van der Waals surface area contributed by atoms with Gasteiger partial charge in [-0.2, -0.15) is 9.78 Å². The van der Waals surface area contributed by atoms with Gasteiger partial charge in [0.15, 0.2) is 0 Å². The van der Waals surface area contributed by atoms with Crippen LogP contribution >= 0.6 is 0 Å². The summed E-state index contributed by atoms with van der Waals surface area (Å²) >= 11 is 0. The van der Waals surface area contributed by atoms with Gasteiger partial charge in [0, 0.05) is 6.42 Å². The Balaban J connectivity index is 2.48. The highest BCUT2D eigenvalue weighted by Crippen LogP contribution is 2.36. The van der Waals surface area contributed by atoms with Crippen LogP contribution in [0, 0.1) is 17.8 Å². The lowest BCUT2D eigenvalue weighted by molar-refractivity contribution is -0.400. The fraction of sp³-hybridized carbons (Fsp3) is 0.911. The van der Waals surface area contributed by atoms with Gasteiger partial charge in [-0.15, -0.1) is 0 Å². The number of hydrogen-bond donors (Lipinski definition) is 0. The number of rotatable bonds is 28. The van der Waals surface area contributed by atoms with Crippen molar-refractivity contribution >= 4 is 11.9 Å². The van der Waals surface area contributed by atoms with Crippen LogP contribution in [-0.2, 0) is 48.7 Å². The van der Waals surface area contributed by atoms with Crippen LogP contribution < -0.4 is 0 Å². The van der Waals surface area contributed by atoms with E-state index in [1.165, 1.54) is 19.3 Å². The fourth-order valence-electron chi connectivity index (χ4n) is 6.07. The van der Waals surface area contributed by atoms with Gasteiger partial charge in [0.05, 0.1) is 28.3 Å². The van der Waals surface area contributed by atoms with Crippen molar-refractivity contribution in [3.8, 4) is 0 Å². The van der Waals surface area contributed by atoms with Crippen LogP contribution in [0.4, 0.5) is 0 Å². The second-order valence-electron chi connectivity index (χ2n) is 20.4. The third-order valence-corrected chi connectivity index (χ3v) is 9.76. The molecule has 0 saturated heterocycles. The molecule has 0 aromatic heterocycles. The van der Waals surface area contributed by atoms with Gasteiger partial charge in [0.25, 0.3) is 0 Å². The van der Waals surface area contributed by atoms with E-state index in [0.29, 0.717) is 38.0 Å². The van der Waals surface area contributed by atoms with E-state index in [4.69, 9.17) is 39.1 Å². The summed E-state index contributed by atoms with van der Waals surface area (Å²) in [4.78, 5) is 70.4. The molecule has 1 aliphatic rings. The first-order valence-corrected chi connectivity index (χ1v) is 21.4. The van der Waals surface area contributed by atoms with E-state index >= 15 is 0 Å².